The van der Waals surface area contributed by atoms with E-state index in [4.69, 9.17) is 5.11 Å². The average Bonchev–Trinajstić information content (AvgIpc) is 2.97. The lowest BCUT2D eigenvalue weighted by molar-refractivity contribution is -0.136. The number of nitrogens with one attached hydrogen (secondary N) is 2. The molecule has 0 bridgehead atoms. The van der Waals surface area contributed by atoms with Crippen molar-refractivity contribution in [2.75, 3.05) is 5.32 Å². The molecule has 21 heavy (non-hydrogen) atoms. The molecular weight excluding hydrogens is 290 g/mol. The van der Waals surface area contributed by atoms with E-state index in [1.807, 2.05) is 11.4 Å². The number of carboxylic acids is 1. The molecule has 2 amide bonds. The van der Waals surface area contributed by atoms with Gasteiger partial charge in [0.1, 0.15) is 0 Å². The van der Waals surface area contributed by atoms with Crippen LogP contribution in [0.5, 0.6) is 0 Å². The smallest absolute Gasteiger partial charge is 0.319 e. The van der Waals surface area contributed by atoms with E-state index in [1.54, 1.807) is 23.7 Å². The summed E-state index contributed by atoms with van der Waals surface area (Å²) in [4.78, 5) is 26.4. The maximum Gasteiger partial charge on any atom is 0.319 e. The van der Waals surface area contributed by atoms with Crippen LogP contribution in [0, 0.1) is 0 Å². The minimum Gasteiger partial charge on any atom is -0.481 e. The second kappa shape index (κ2) is 7.39. The highest BCUT2D eigenvalue weighted by atomic mass is 32.1. The van der Waals surface area contributed by atoms with Crippen LogP contribution in [0.25, 0.3) is 0 Å². The zero-order valence-corrected chi connectivity index (χ0v) is 12.0. The summed E-state index contributed by atoms with van der Waals surface area (Å²) in [6.45, 7) is 0.369. The van der Waals surface area contributed by atoms with E-state index in [1.165, 1.54) is 11.3 Å². The molecule has 7 heteroatoms. The Morgan fingerprint density at radius 1 is 1.33 bits per heavy atom. The molecule has 110 valence electrons. The highest BCUT2D eigenvalue weighted by Gasteiger charge is 2.04. The van der Waals surface area contributed by atoms with E-state index < -0.39 is 5.97 Å². The van der Waals surface area contributed by atoms with Crippen molar-refractivity contribution < 1.29 is 14.7 Å². The van der Waals surface area contributed by atoms with Crippen LogP contribution in [0.1, 0.15) is 17.7 Å². The highest BCUT2D eigenvalue weighted by molar-refractivity contribution is 7.07. The van der Waals surface area contributed by atoms with Gasteiger partial charge in [0.2, 0.25) is 0 Å². The first-order valence-corrected chi connectivity index (χ1v) is 7.30. The number of carboxylic acid groups (broad SMARTS) is 1. The van der Waals surface area contributed by atoms with E-state index in [2.05, 4.69) is 15.6 Å². The zero-order chi connectivity index (χ0) is 15.1. The number of aryl methyl sites for hydroxylation is 1. The number of nitrogens with zero attached hydrogens (tertiary/aromatic N) is 1. The number of urea groups is 1. The Morgan fingerprint density at radius 3 is 2.90 bits per heavy atom. The fourth-order valence-electron chi connectivity index (χ4n) is 1.73. The number of amides is 2. The third-order valence-electron chi connectivity index (χ3n) is 2.73. The van der Waals surface area contributed by atoms with Gasteiger partial charge < -0.3 is 15.7 Å². The molecule has 0 radical (unpaired) electrons. The van der Waals surface area contributed by atoms with Gasteiger partial charge in [0, 0.05) is 17.5 Å². The van der Waals surface area contributed by atoms with Crippen molar-refractivity contribution in [3.8, 4) is 0 Å². The number of hydrogen-bond donors (Lipinski definition) is 3. The number of anilines is 1. The third kappa shape index (κ3) is 5.23. The summed E-state index contributed by atoms with van der Waals surface area (Å²) in [5.41, 5.74) is 4.02. The van der Waals surface area contributed by atoms with Crippen molar-refractivity contribution >= 4 is 29.0 Å². The quantitative estimate of drug-likeness (QED) is 0.764. The van der Waals surface area contributed by atoms with E-state index in [0.29, 0.717) is 18.7 Å². The second-order valence-electron chi connectivity index (χ2n) is 4.38. The lowest BCUT2D eigenvalue weighted by Crippen LogP contribution is -2.28. The summed E-state index contributed by atoms with van der Waals surface area (Å²) in [5, 5.41) is 15.9. The SMILES string of the molecule is O=C(O)CCc1cccc(NC(=O)NCc2cscn2)c1. The van der Waals surface area contributed by atoms with Crippen LogP contribution in [0.2, 0.25) is 0 Å². The Morgan fingerprint density at radius 2 is 2.19 bits per heavy atom. The van der Waals surface area contributed by atoms with Crippen molar-refractivity contribution in [2.45, 2.75) is 19.4 Å². The molecule has 0 saturated heterocycles. The predicted octanol–water partition coefficient (Wildman–Crippen LogP) is 2.48. The van der Waals surface area contributed by atoms with Crippen molar-refractivity contribution in [2.24, 2.45) is 0 Å². The maximum atomic E-state index is 11.7. The number of rotatable bonds is 6. The number of carbonyl (C=O) groups is 2. The topological polar surface area (TPSA) is 91.3 Å². The van der Waals surface area contributed by atoms with Gasteiger partial charge in [-0.25, -0.2) is 9.78 Å². The molecule has 3 N–H and O–H groups in total. The van der Waals surface area contributed by atoms with Gasteiger partial charge in [-0.15, -0.1) is 11.3 Å². The average molecular weight is 305 g/mol. The summed E-state index contributed by atoms with van der Waals surface area (Å²) >= 11 is 1.47. The number of benzene rings is 1. The molecule has 0 spiro atoms. The van der Waals surface area contributed by atoms with E-state index in [-0.39, 0.29) is 12.5 Å². The predicted molar refractivity (Wildman–Crippen MR) is 80.4 cm³/mol. The van der Waals surface area contributed by atoms with Gasteiger partial charge >= 0.3 is 12.0 Å². The summed E-state index contributed by atoms with van der Waals surface area (Å²) in [7, 11) is 0. The lowest BCUT2D eigenvalue weighted by atomic mass is 10.1. The molecule has 6 nitrogen and oxygen atoms in total. The van der Waals surface area contributed by atoms with E-state index in [9.17, 15) is 9.59 Å². The Balaban J connectivity index is 1.85. The normalized spacial score (nSPS) is 10.1. The minimum atomic E-state index is -0.839. The molecule has 0 unspecified atom stereocenters. The lowest BCUT2D eigenvalue weighted by Gasteiger charge is -2.08. The van der Waals surface area contributed by atoms with Crippen LogP contribution in [-0.4, -0.2) is 22.1 Å². The molecule has 0 aliphatic heterocycles. The summed E-state index contributed by atoms with van der Waals surface area (Å²) in [5.74, 6) is -0.839. The van der Waals surface area contributed by atoms with Gasteiger partial charge in [-0.05, 0) is 24.1 Å². The van der Waals surface area contributed by atoms with Gasteiger partial charge in [0.15, 0.2) is 0 Å². The van der Waals surface area contributed by atoms with Crippen molar-refractivity contribution in [1.82, 2.24) is 10.3 Å². The monoisotopic (exact) mass is 305 g/mol. The molecule has 0 atom stereocenters. The van der Waals surface area contributed by atoms with Gasteiger partial charge in [0.25, 0.3) is 0 Å². The van der Waals surface area contributed by atoms with Crippen LogP contribution in [0.15, 0.2) is 35.2 Å². The Labute approximate surface area is 125 Å². The number of aliphatic carboxylic acids is 1. The van der Waals surface area contributed by atoms with E-state index in [0.717, 1.165) is 11.3 Å². The molecule has 0 aliphatic carbocycles. The van der Waals surface area contributed by atoms with Crippen molar-refractivity contribution in [1.29, 1.82) is 0 Å². The summed E-state index contributed by atoms with van der Waals surface area (Å²) in [6.07, 6.45) is 0.505. The number of carbonyl (C=O) groups excluding carboxylic acids is 1. The first kappa shape index (κ1) is 15.0. The maximum absolute atomic E-state index is 11.7. The number of aromatic nitrogens is 1. The molecule has 1 aromatic carbocycles. The molecular formula is C14H15N3O3S. The third-order valence-corrected chi connectivity index (χ3v) is 3.36. The Bertz CT molecular complexity index is 614. The van der Waals surface area contributed by atoms with Gasteiger partial charge in [-0.3, -0.25) is 4.79 Å². The molecule has 2 rings (SSSR count). The Kier molecular flexibility index (Phi) is 5.28. The number of hydrogen-bond acceptors (Lipinski definition) is 4. The van der Waals surface area contributed by atoms with Gasteiger partial charge in [-0.2, -0.15) is 0 Å². The van der Waals surface area contributed by atoms with Crippen LogP contribution in [0.3, 0.4) is 0 Å². The largest absolute Gasteiger partial charge is 0.481 e. The van der Waals surface area contributed by atoms with Crippen molar-refractivity contribution in [3.05, 3.63) is 46.4 Å². The van der Waals surface area contributed by atoms with Crippen LogP contribution >= 0.6 is 11.3 Å². The molecule has 0 fully saturated rings. The molecule has 0 saturated carbocycles. The molecule has 1 aromatic heterocycles. The summed E-state index contributed by atoms with van der Waals surface area (Å²) < 4.78 is 0. The second-order valence-corrected chi connectivity index (χ2v) is 5.10. The van der Waals surface area contributed by atoms with Crippen LogP contribution in [0.4, 0.5) is 10.5 Å². The van der Waals surface area contributed by atoms with Gasteiger partial charge in [-0.1, -0.05) is 12.1 Å². The highest BCUT2D eigenvalue weighted by Crippen LogP contribution is 2.12. The first-order valence-electron chi connectivity index (χ1n) is 6.36. The molecule has 1 heterocycles. The minimum absolute atomic E-state index is 0.0689. The van der Waals surface area contributed by atoms with Crippen molar-refractivity contribution in [3.63, 3.8) is 0 Å². The zero-order valence-electron chi connectivity index (χ0n) is 11.2. The van der Waals surface area contributed by atoms with Gasteiger partial charge in [0.05, 0.1) is 17.7 Å². The standard InChI is InChI=1S/C14H15N3O3S/c18-13(19)5-4-10-2-1-3-11(6-10)17-14(20)15-7-12-8-21-9-16-12/h1-3,6,8-9H,4-5,7H2,(H,18,19)(H2,15,17,20). The fourth-order valence-corrected chi connectivity index (χ4v) is 2.29. The molecule has 2 aromatic rings. The fraction of sp³-hybridized carbons (Fsp3) is 0.214. The number of thiazole rings is 1. The molecule has 0 aliphatic rings. The first-order chi connectivity index (χ1) is 10.1. The van der Waals surface area contributed by atoms with Crippen LogP contribution < -0.4 is 10.6 Å². The van der Waals surface area contributed by atoms with E-state index >= 15 is 0 Å². The Hall–Kier alpha value is -2.41. The summed E-state index contributed by atoms with van der Waals surface area (Å²) in [6, 6.07) is 6.82. The van der Waals surface area contributed by atoms with Crippen LogP contribution in [-0.2, 0) is 17.8 Å².